The minimum atomic E-state index is -0.557. The second kappa shape index (κ2) is 4.63. The predicted octanol–water partition coefficient (Wildman–Crippen LogP) is 2.25. The van der Waals surface area contributed by atoms with Crippen molar-refractivity contribution in [2.24, 2.45) is 0 Å². The largest absolute Gasteiger partial charge is 0.369 e. The van der Waals surface area contributed by atoms with E-state index in [0.717, 1.165) is 12.8 Å². The lowest BCUT2D eigenvalue weighted by Crippen LogP contribution is -2.32. The van der Waals surface area contributed by atoms with Gasteiger partial charge in [-0.1, -0.05) is 11.6 Å². The summed E-state index contributed by atoms with van der Waals surface area (Å²) in [6, 6.07) is 2.40. The van der Waals surface area contributed by atoms with Crippen LogP contribution < -0.4 is 11.1 Å². The third kappa shape index (κ3) is 2.20. The smallest absolute Gasteiger partial charge is 0.243 e. The number of halogens is 2. The highest BCUT2D eigenvalue weighted by molar-refractivity contribution is 6.31. The molecule has 1 atom stereocenters. The van der Waals surface area contributed by atoms with Crippen molar-refractivity contribution in [2.75, 3.05) is 5.73 Å². The van der Waals surface area contributed by atoms with Crippen molar-refractivity contribution in [1.82, 2.24) is 14.9 Å². The molecule has 0 bridgehead atoms. The molecule has 1 aromatic carbocycles. The highest BCUT2D eigenvalue weighted by atomic mass is 35.5. The zero-order valence-electron chi connectivity index (χ0n) is 10.9. The number of nitrogens with one attached hydrogen (secondary N) is 1. The molecule has 1 aliphatic rings. The summed E-state index contributed by atoms with van der Waals surface area (Å²) in [5, 5.41) is 2.89. The molecule has 3 N–H and O–H groups in total. The number of amides is 1. The van der Waals surface area contributed by atoms with Gasteiger partial charge in [-0.15, -0.1) is 0 Å². The summed E-state index contributed by atoms with van der Waals surface area (Å²) in [5.41, 5.74) is 6.78. The predicted molar refractivity (Wildman–Crippen MR) is 75.0 cm³/mol. The SMILES string of the molecule is CC(C(=O)NC1CC1)n1c(N)nc2cc(F)c(Cl)cc21. The topological polar surface area (TPSA) is 72.9 Å². The van der Waals surface area contributed by atoms with Gasteiger partial charge in [0, 0.05) is 12.1 Å². The molecule has 0 radical (unpaired) electrons. The molecule has 1 amide bonds. The summed E-state index contributed by atoms with van der Waals surface area (Å²) in [6.45, 7) is 1.73. The summed E-state index contributed by atoms with van der Waals surface area (Å²) in [5.74, 6) is -0.516. The van der Waals surface area contributed by atoms with Gasteiger partial charge >= 0.3 is 0 Å². The lowest BCUT2D eigenvalue weighted by atomic mass is 10.2. The van der Waals surface area contributed by atoms with Crippen molar-refractivity contribution in [2.45, 2.75) is 31.8 Å². The molecule has 3 rings (SSSR count). The summed E-state index contributed by atoms with van der Waals surface area (Å²) in [6.07, 6.45) is 2.02. The maximum atomic E-state index is 13.4. The number of nitrogen functional groups attached to an aromatic ring is 1. The van der Waals surface area contributed by atoms with Gasteiger partial charge in [-0.05, 0) is 25.8 Å². The van der Waals surface area contributed by atoms with Crippen LogP contribution in [-0.4, -0.2) is 21.5 Å². The van der Waals surface area contributed by atoms with Crippen molar-refractivity contribution >= 4 is 34.5 Å². The standard InChI is InChI=1S/C13H14ClFN4O/c1-6(12(20)17-7-2-3-7)19-11-4-8(14)9(15)5-10(11)18-13(19)16/h4-7H,2-3H2,1H3,(H2,16,18)(H,17,20). The van der Waals surface area contributed by atoms with Crippen molar-refractivity contribution < 1.29 is 9.18 Å². The van der Waals surface area contributed by atoms with Gasteiger partial charge < -0.3 is 11.1 Å². The van der Waals surface area contributed by atoms with Gasteiger partial charge in [0.25, 0.3) is 0 Å². The number of rotatable bonds is 3. The number of carbonyl (C=O) groups is 1. The van der Waals surface area contributed by atoms with Gasteiger partial charge in [0.15, 0.2) is 0 Å². The van der Waals surface area contributed by atoms with E-state index < -0.39 is 11.9 Å². The molecule has 1 aromatic heterocycles. The Morgan fingerprint density at radius 3 is 2.95 bits per heavy atom. The first-order chi connectivity index (χ1) is 9.47. The number of anilines is 1. The number of imidazole rings is 1. The molecular weight excluding hydrogens is 283 g/mol. The summed E-state index contributed by atoms with van der Waals surface area (Å²) in [4.78, 5) is 16.2. The van der Waals surface area contributed by atoms with E-state index in [9.17, 15) is 9.18 Å². The zero-order chi connectivity index (χ0) is 14.4. The van der Waals surface area contributed by atoms with Gasteiger partial charge in [0.2, 0.25) is 11.9 Å². The molecule has 1 aliphatic carbocycles. The molecule has 0 spiro atoms. The Morgan fingerprint density at radius 2 is 2.30 bits per heavy atom. The minimum Gasteiger partial charge on any atom is -0.369 e. The fourth-order valence-electron chi connectivity index (χ4n) is 2.18. The van der Waals surface area contributed by atoms with Crippen molar-refractivity contribution in [3.8, 4) is 0 Å². The van der Waals surface area contributed by atoms with Crippen molar-refractivity contribution in [1.29, 1.82) is 0 Å². The molecule has 7 heteroatoms. The molecule has 1 unspecified atom stereocenters. The monoisotopic (exact) mass is 296 g/mol. The number of nitrogens with two attached hydrogens (primary N) is 1. The van der Waals surface area contributed by atoms with Crippen LogP contribution in [0.4, 0.5) is 10.3 Å². The number of nitrogens with zero attached hydrogens (tertiary/aromatic N) is 2. The maximum absolute atomic E-state index is 13.4. The van der Waals surface area contributed by atoms with Crippen LogP contribution in [0.5, 0.6) is 0 Å². The average Bonchev–Trinajstić information content (AvgIpc) is 3.13. The van der Waals surface area contributed by atoms with Crippen molar-refractivity contribution in [3.05, 3.63) is 23.0 Å². The molecule has 106 valence electrons. The quantitative estimate of drug-likeness (QED) is 0.912. The van der Waals surface area contributed by atoms with Crippen LogP contribution in [0.25, 0.3) is 11.0 Å². The molecule has 20 heavy (non-hydrogen) atoms. The number of benzene rings is 1. The lowest BCUT2D eigenvalue weighted by molar-refractivity contribution is -0.123. The number of carbonyl (C=O) groups excluding carboxylic acids is 1. The number of aromatic nitrogens is 2. The van der Waals surface area contributed by atoms with E-state index in [1.807, 2.05) is 0 Å². The van der Waals surface area contributed by atoms with Gasteiger partial charge in [0.1, 0.15) is 11.9 Å². The zero-order valence-corrected chi connectivity index (χ0v) is 11.6. The number of hydrogen-bond acceptors (Lipinski definition) is 3. The second-order valence-corrected chi connectivity index (χ2v) is 5.46. The minimum absolute atomic E-state index is 0.0200. The molecule has 1 heterocycles. The molecule has 0 saturated heterocycles. The van der Waals surface area contributed by atoms with Gasteiger partial charge in [-0.3, -0.25) is 9.36 Å². The van der Waals surface area contributed by atoms with Crippen LogP contribution >= 0.6 is 11.6 Å². The average molecular weight is 297 g/mol. The first kappa shape index (κ1) is 13.2. The number of fused-ring (bicyclic) bond motifs is 1. The lowest BCUT2D eigenvalue weighted by Gasteiger charge is -2.15. The van der Waals surface area contributed by atoms with E-state index >= 15 is 0 Å². The Kier molecular flexibility index (Phi) is 3.05. The highest BCUT2D eigenvalue weighted by Crippen LogP contribution is 2.28. The normalized spacial score (nSPS) is 16.4. The first-order valence-corrected chi connectivity index (χ1v) is 6.78. The Hall–Kier alpha value is -1.82. The third-order valence-corrected chi connectivity index (χ3v) is 3.74. The van der Waals surface area contributed by atoms with Crippen LogP contribution in [0.15, 0.2) is 12.1 Å². The Bertz CT molecular complexity index is 695. The van der Waals surface area contributed by atoms with E-state index in [4.69, 9.17) is 17.3 Å². The van der Waals surface area contributed by atoms with E-state index in [-0.39, 0.29) is 22.9 Å². The molecule has 1 fully saturated rings. The fourth-order valence-corrected chi connectivity index (χ4v) is 2.34. The highest BCUT2D eigenvalue weighted by Gasteiger charge is 2.28. The molecule has 5 nitrogen and oxygen atoms in total. The van der Waals surface area contributed by atoms with Gasteiger partial charge in [-0.2, -0.15) is 0 Å². The molecule has 2 aromatic rings. The van der Waals surface area contributed by atoms with Crippen LogP contribution in [0.2, 0.25) is 5.02 Å². The molecule has 1 saturated carbocycles. The van der Waals surface area contributed by atoms with E-state index in [1.165, 1.54) is 12.1 Å². The third-order valence-electron chi connectivity index (χ3n) is 3.45. The Morgan fingerprint density at radius 1 is 1.60 bits per heavy atom. The number of hydrogen-bond donors (Lipinski definition) is 2. The summed E-state index contributed by atoms with van der Waals surface area (Å²) in [7, 11) is 0. The van der Waals surface area contributed by atoms with Crippen LogP contribution in [0.3, 0.4) is 0 Å². The van der Waals surface area contributed by atoms with Crippen LogP contribution in [-0.2, 0) is 4.79 Å². The second-order valence-electron chi connectivity index (χ2n) is 5.05. The maximum Gasteiger partial charge on any atom is 0.243 e. The van der Waals surface area contributed by atoms with E-state index in [1.54, 1.807) is 11.5 Å². The van der Waals surface area contributed by atoms with Gasteiger partial charge in [0.05, 0.1) is 16.1 Å². The summed E-state index contributed by atoms with van der Waals surface area (Å²) < 4.78 is 15.0. The molecular formula is C13H14ClFN4O. The van der Waals surface area contributed by atoms with Crippen LogP contribution in [0.1, 0.15) is 25.8 Å². The Balaban J connectivity index is 2.02. The first-order valence-electron chi connectivity index (χ1n) is 6.40. The van der Waals surface area contributed by atoms with E-state index in [0.29, 0.717) is 11.0 Å². The molecule has 0 aliphatic heterocycles. The van der Waals surface area contributed by atoms with E-state index in [2.05, 4.69) is 10.3 Å². The Labute approximate surface area is 119 Å². The van der Waals surface area contributed by atoms with Crippen molar-refractivity contribution in [3.63, 3.8) is 0 Å². The fraction of sp³-hybridized carbons (Fsp3) is 0.385. The summed E-state index contributed by atoms with van der Waals surface area (Å²) >= 11 is 5.79. The van der Waals surface area contributed by atoms with Crippen LogP contribution in [0, 0.1) is 5.82 Å². The van der Waals surface area contributed by atoms with Gasteiger partial charge in [-0.25, -0.2) is 9.37 Å².